The molecule has 0 spiro atoms. The summed E-state index contributed by atoms with van der Waals surface area (Å²) in [6.45, 7) is 1.61. The van der Waals surface area contributed by atoms with Gasteiger partial charge in [-0.25, -0.2) is 13.2 Å². The molecule has 1 aliphatic rings. The van der Waals surface area contributed by atoms with E-state index in [-0.39, 0.29) is 29.5 Å². The van der Waals surface area contributed by atoms with Crippen LogP contribution in [0.25, 0.3) is 0 Å². The summed E-state index contributed by atoms with van der Waals surface area (Å²) in [7, 11) is -3.06. The second-order valence-corrected chi connectivity index (χ2v) is 6.98. The maximum absolute atomic E-state index is 11.5. The Morgan fingerprint density at radius 2 is 2.12 bits per heavy atom. The number of rotatable bonds is 4. The Balaban J connectivity index is 2.60. The molecule has 0 heterocycles. The SMILES string of the molecule is CCS(=O)(=O)C[C@@H]1CC(NC(=O)O)CC[C@@H]1N. The normalized spacial score (nSPS) is 29.9. The van der Waals surface area contributed by atoms with Crippen LogP contribution in [0.5, 0.6) is 0 Å². The van der Waals surface area contributed by atoms with E-state index in [9.17, 15) is 13.2 Å². The predicted molar refractivity (Wildman–Crippen MR) is 64.6 cm³/mol. The van der Waals surface area contributed by atoms with Crippen LogP contribution in [-0.4, -0.2) is 43.2 Å². The fourth-order valence-electron chi connectivity index (χ4n) is 2.23. The summed E-state index contributed by atoms with van der Waals surface area (Å²) in [4.78, 5) is 10.5. The van der Waals surface area contributed by atoms with Gasteiger partial charge < -0.3 is 16.2 Å². The van der Waals surface area contributed by atoms with Gasteiger partial charge in [0.15, 0.2) is 0 Å². The third-order valence-electron chi connectivity index (χ3n) is 3.28. The van der Waals surface area contributed by atoms with Gasteiger partial charge in [0.05, 0.1) is 5.75 Å². The third-order valence-corrected chi connectivity index (χ3v) is 5.09. The molecular weight excluding hydrogens is 244 g/mol. The molecule has 4 N–H and O–H groups in total. The first-order valence-corrected chi connectivity index (χ1v) is 7.61. The third kappa shape index (κ3) is 4.51. The Hall–Kier alpha value is -0.820. The summed E-state index contributed by atoms with van der Waals surface area (Å²) < 4.78 is 23.1. The Bertz CT molecular complexity index is 369. The lowest BCUT2D eigenvalue weighted by Gasteiger charge is -2.33. The van der Waals surface area contributed by atoms with Crippen LogP contribution in [0.1, 0.15) is 26.2 Å². The van der Waals surface area contributed by atoms with Crippen LogP contribution in [0.15, 0.2) is 0 Å². The molecule has 1 saturated carbocycles. The summed E-state index contributed by atoms with van der Waals surface area (Å²) in [6.07, 6.45) is 0.778. The highest BCUT2D eigenvalue weighted by Gasteiger charge is 2.31. The van der Waals surface area contributed by atoms with Crippen molar-refractivity contribution in [2.45, 2.75) is 38.3 Å². The van der Waals surface area contributed by atoms with Crippen LogP contribution >= 0.6 is 0 Å². The predicted octanol–water partition coefficient (Wildman–Crippen LogP) is 0.185. The van der Waals surface area contributed by atoms with Crippen LogP contribution in [-0.2, 0) is 9.84 Å². The average Bonchev–Trinajstić information content (AvgIpc) is 2.22. The molecule has 1 fully saturated rings. The molecule has 0 aromatic heterocycles. The van der Waals surface area contributed by atoms with E-state index >= 15 is 0 Å². The largest absolute Gasteiger partial charge is 0.465 e. The summed E-state index contributed by atoms with van der Waals surface area (Å²) in [6, 6.07) is -0.326. The first-order valence-electron chi connectivity index (χ1n) is 5.79. The highest BCUT2D eigenvalue weighted by Crippen LogP contribution is 2.25. The molecular formula is C10H20N2O4S. The van der Waals surface area contributed by atoms with Crippen LogP contribution in [0.2, 0.25) is 0 Å². The van der Waals surface area contributed by atoms with Crippen LogP contribution < -0.4 is 11.1 Å². The van der Waals surface area contributed by atoms with Gasteiger partial charge in [-0.05, 0) is 25.2 Å². The van der Waals surface area contributed by atoms with E-state index in [1.54, 1.807) is 6.92 Å². The molecule has 1 rings (SSSR count). The van der Waals surface area contributed by atoms with Gasteiger partial charge in [-0.1, -0.05) is 6.92 Å². The molecule has 17 heavy (non-hydrogen) atoms. The van der Waals surface area contributed by atoms with E-state index < -0.39 is 15.9 Å². The minimum Gasteiger partial charge on any atom is -0.465 e. The van der Waals surface area contributed by atoms with Crippen molar-refractivity contribution in [3.8, 4) is 0 Å². The molecule has 0 aliphatic heterocycles. The highest BCUT2D eigenvalue weighted by molar-refractivity contribution is 7.91. The van der Waals surface area contributed by atoms with Gasteiger partial charge >= 0.3 is 6.09 Å². The van der Waals surface area contributed by atoms with Crippen molar-refractivity contribution >= 4 is 15.9 Å². The molecule has 100 valence electrons. The number of hydrogen-bond donors (Lipinski definition) is 3. The zero-order valence-electron chi connectivity index (χ0n) is 9.93. The standard InChI is InChI=1S/C10H20N2O4S/c1-2-17(15,16)6-7-5-8(12-10(13)14)3-4-9(7)11/h7-9,12H,2-6,11H2,1H3,(H,13,14)/t7-,8?,9-/m0/s1. The number of carbonyl (C=O) groups is 1. The van der Waals surface area contributed by atoms with E-state index in [2.05, 4.69) is 5.32 Å². The van der Waals surface area contributed by atoms with E-state index in [4.69, 9.17) is 10.8 Å². The molecule has 6 nitrogen and oxygen atoms in total. The van der Waals surface area contributed by atoms with Gasteiger partial charge in [-0.15, -0.1) is 0 Å². The number of hydrogen-bond acceptors (Lipinski definition) is 4. The number of sulfone groups is 1. The second kappa shape index (κ2) is 5.68. The van der Waals surface area contributed by atoms with Gasteiger partial charge in [0, 0.05) is 17.8 Å². The van der Waals surface area contributed by atoms with Crippen molar-refractivity contribution in [1.29, 1.82) is 0 Å². The highest BCUT2D eigenvalue weighted by atomic mass is 32.2. The fourth-order valence-corrected chi connectivity index (χ4v) is 3.50. The number of nitrogens with two attached hydrogens (primary N) is 1. The smallest absolute Gasteiger partial charge is 0.404 e. The molecule has 0 bridgehead atoms. The number of nitrogens with one attached hydrogen (secondary N) is 1. The molecule has 3 atom stereocenters. The molecule has 1 amide bonds. The van der Waals surface area contributed by atoms with Gasteiger partial charge in [-0.3, -0.25) is 0 Å². The van der Waals surface area contributed by atoms with Crippen molar-refractivity contribution in [2.75, 3.05) is 11.5 Å². The Labute approximate surface area is 101 Å². The Morgan fingerprint density at radius 3 is 2.65 bits per heavy atom. The quantitative estimate of drug-likeness (QED) is 0.671. The summed E-state index contributed by atoms with van der Waals surface area (Å²) in [5.74, 6) is 0.0148. The van der Waals surface area contributed by atoms with E-state index in [1.165, 1.54) is 0 Å². The molecule has 0 aromatic carbocycles. The Kier molecular flexibility index (Phi) is 4.76. The van der Waals surface area contributed by atoms with Crippen molar-refractivity contribution in [3.63, 3.8) is 0 Å². The second-order valence-electron chi connectivity index (χ2n) is 4.58. The van der Waals surface area contributed by atoms with Crippen LogP contribution in [0, 0.1) is 5.92 Å². The molecule has 0 saturated heterocycles. The molecule has 0 aromatic rings. The lowest BCUT2D eigenvalue weighted by atomic mass is 9.83. The zero-order chi connectivity index (χ0) is 13.1. The van der Waals surface area contributed by atoms with E-state index in [1.807, 2.05) is 0 Å². The van der Waals surface area contributed by atoms with Crippen molar-refractivity contribution < 1.29 is 18.3 Å². The van der Waals surface area contributed by atoms with Crippen molar-refractivity contribution in [1.82, 2.24) is 5.32 Å². The summed E-state index contributed by atoms with van der Waals surface area (Å²) in [5, 5.41) is 11.0. The average molecular weight is 264 g/mol. The summed E-state index contributed by atoms with van der Waals surface area (Å²) >= 11 is 0. The lowest BCUT2D eigenvalue weighted by Crippen LogP contribution is -2.47. The van der Waals surface area contributed by atoms with Crippen molar-refractivity contribution in [3.05, 3.63) is 0 Å². The van der Waals surface area contributed by atoms with Gasteiger partial charge in [0.25, 0.3) is 0 Å². The molecule has 0 radical (unpaired) electrons. The minimum absolute atomic E-state index is 0.0580. The van der Waals surface area contributed by atoms with Gasteiger partial charge in [0.2, 0.25) is 0 Å². The summed E-state index contributed by atoms with van der Waals surface area (Å²) in [5.41, 5.74) is 5.89. The van der Waals surface area contributed by atoms with E-state index in [0.29, 0.717) is 19.3 Å². The monoisotopic (exact) mass is 264 g/mol. The first-order chi connectivity index (χ1) is 7.84. The fraction of sp³-hybridized carbons (Fsp3) is 0.900. The minimum atomic E-state index is -3.06. The number of carboxylic acid groups (broad SMARTS) is 1. The van der Waals surface area contributed by atoms with Crippen molar-refractivity contribution in [2.24, 2.45) is 11.7 Å². The van der Waals surface area contributed by atoms with Crippen LogP contribution in [0.3, 0.4) is 0 Å². The molecule has 7 heteroatoms. The zero-order valence-corrected chi connectivity index (χ0v) is 10.7. The van der Waals surface area contributed by atoms with Gasteiger partial charge in [0.1, 0.15) is 9.84 Å². The number of amides is 1. The maximum Gasteiger partial charge on any atom is 0.404 e. The lowest BCUT2D eigenvalue weighted by molar-refractivity contribution is 0.180. The van der Waals surface area contributed by atoms with Crippen LogP contribution in [0.4, 0.5) is 4.79 Å². The first kappa shape index (κ1) is 14.2. The molecule has 1 unspecified atom stereocenters. The maximum atomic E-state index is 11.5. The Morgan fingerprint density at radius 1 is 1.47 bits per heavy atom. The van der Waals surface area contributed by atoms with Gasteiger partial charge in [-0.2, -0.15) is 0 Å². The molecule has 1 aliphatic carbocycles. The topological polar surface area (TPSA) is 109 Å². The van der Waals surface area contributed by atoms with E-state index in [0.717, 1.165) is 0 Å².